The quantitative estimate of drug-likeness (QED) is 0.346. The third-order valence-corrected chi connectivity index (χ3v) is 3.21. The number of hydrazine groups is 1. The fourth-order valence-electron chi connectivity index (χ4n) is 2.04. The van der Waals surface area contributed by atoms with Gasteiger partial charge in [-0.1, -0.05) is 65.7 Å². The Balaban J connectivity index is 3.29. The summed E-state index contributed by atoms with van der Waals surface area (Å²) in [6, 6.07) is 0. The van der Waals surface area contributed by atoms with Crippen molar-refractivity contribution in [3.05, 3.63) is 0 Å². The first kappa shape index (κ1) is 18.9. The molecule has 0 aliphatic heterocycles. The largest absolute Gasteiger partial charge is 0.284 e. The molecule has 0 fully saturated rings. The fourth-order valence-corrected chi connectivity index (χ4v) is 2.04. The lowest BCUT2D eigenvalue weighted by molar-refractivity contribution is -0.196. The van der Waals surface area contributed by atoms with Crippen molar-refractivity contribution in [2.75, 3.05) is 19.7 Å². The summed E-state index contributed by atoms with van der Waals surface area (Å²) >= 11 is 0. The van der Waals surface area contributed by atoms with Gasteiger partial charge in [0.15, 0.2) is 0 Å². The van der Waals surface area contributed by atoms with Crippen molar-refractivity contribution in [2.45, 2.75) is 85.0 Å². The van der Waals surface area contributed by atoms with Crippen LogP contribution in [0.2, 0.25) is 0 Å². The van der Waals surface area contributed by atoms with Crippen molar-refractivity contribution in [2.24, 2.45) is 0 Å². The second-order valence-corrected chi connectivity index (χ2v) is 5.32. The van der Waals surface area contributed by atoms with Crippen LogP contribution >= 0.6 is 0 Å². The first-order chi connectivity index (χ1) is 9.35. The highest BCUT2D eigenvalue weighted by molar-refractivity contribution is 4.46. The summed E-state index contributed by atoms with van der Waals surface area (Å²) < 4.78 is 0. The average molecular weight is 272 g/mol. The number of unbranched alkanes of at least 4 members (excludes halogenated alkanes) is 7. The molecule has 0 unspecified atom stereocenters. The first-order valence-corrected chi connectivity index (χ1v) is 8.49. The lowest BCUT2D eigenvalue weighted by Gasteiger charge is -2.21. The van der Waals surface area contributed by atoms with Crippen LogP contribution in [0.15, 0.2) is 0 Å². The molecule has 0 atom stereocenters. The van der Waals surface area contributed by atoms with Crippen molar-refractivity contribution >= 4 is 0 Å². The summed E-state index contributed by atoms with van der Waals surface area (Å²) in [5.41, 5.74) is 3.31. The zero-order chi connectivity index (χ0) is 14.2. The minimum atomic E-state index is 0.853. The standard InChI is InChI=1S/C16H36N2O/c1-4-7-8-9-10-11-12-13-16-19-18(15-6-3)17-14-5-2/h17H,4-16H2,1-3H3. The zero-order valence-corrected chi connectivity index (χ0v) is 13.5. The molecular formula is C16H36N2O. The molecule has 0 aliphatic rings. The summed E-state index contributed by atoms with van der Waals surface area (Å²) in [6.07, 6.45) is 13.1. The molecule has 0 spiro atoms. The number of hydroxylamine groups is 1. The van der Waals surface area contributed by atoms with Gasteiger partial charge in [0.2, 0.25) is 0 Å². The van der Waals surface area contributed by atoms with Crippen LogP contribution in [0, 0.1) is 0 Å². The SMILES string of the molecule is CCCCCCCCCCON(CCC)NCCC. The Morgan fingerprint density at radius 2 is 1.37 bits per heavy atom. The number of nitrogens with one attached hydrogen (secondary N) is 1. The predicted molar refractivity (Wildman–Crippen MR) is 83.9 cm³/mol. The van der Waals surface area contributed by atoms with E-state index in [1.165, 1.54) is 51.4 Å². The number of rotatable bonds is 15. The van der Waals surface area contributed by atoms with Gasteiger partial charge in [0.25, 0.3) is 0 Å². The van der Waals surface area contributed by atoms with Gasteiger partial charge in [0.1, 0.15) is 0 Å². The van der Waals surface area contributed by atoms with Crippen LogP contribution in [0.25, 0.3) is 0 Å². The molecule has 0 radical (unpaired) electrons. The molecule has 116 valence electrons. The van der Waals surface area contributed by atoms with Gasteiger partial charge in [-0.25, -0.2) is 5.43 Å². The van der Waals surface area contributed by atoms with Gasteiger partial charge in [-0.15, -0.1) is 5.17 Å². The molecule has 0 amide bonds. The van der Waals surface area contributed by atoms with E-state index < -0.39 is 0 Å². The predicted octanol–water partition coefficient (Wildman–Crippen LogP) is 4.69. The molecule has 0 bridgehead atoms. The van der Waals surface area contributed by atoms with Crippen LogP contribution in [-0.4, -0.2) is 24.9 Å². The molecule has 0 rings (SSSR count). The molecule has 0 heterocycles. The molecule has 0 aromatic heterocycles. The maximum absolute atomic E-state index is 5.75. The maximum Gasteiger partial charge on any atom is 0.0701 e. The topological polar surface area (TPSA) is 24.5 Å². The van der Waals surface area contributed by atoms with E-state index in [2.05, 4.69) is 26.2 Å². The van der Waals surface area contributed by atoms with Gasteiger partial charge in [-0.3, -0.25) is 4.84 Å². The van der Waals surface area contributed by atoms with E-state index in [1.54, 1.807) is 0 Å². The molecule has 0 saturated carbocycles. The van der Waals surface area contributed by atoms with E-state index in [-0.39, 0.29) is 0 Å². The van der Waals surface area contributed by atoms with Crippen LogP contribution in [0.4, 0.5) is 0 Å². The van der Waals surface area contributed by atoms with Gasteiger partial charge in [-0.2, -0.15) is 0 Å². The Labute approximate surface area is 121 Å². The first-order valence-electron chi connectivity index (χ1n) is 8.49. The summed E-state index contributed by atoms with van der Waals surface area (Å²) in [7, 11) is 0. The van der Waals surface area contributed by atoms with Crippen LogP contribution in [0.5, 0.6) is 0 Å². The molecule has 0 aromatic rings. The Morgan fingerprint density at radius 1 is 0.737 bits per heavy atom. The summed E-state index contributed by atoms with van der Waals surface area (Å²) in [5, 5.41) is 1.92. The summed E-state index contributed by atoms with van der Waals surface area (Å²) in [6.45, 7) is 9.45. The summed E-state index contributed by atoms with van der Waals surface area (Å²) in [5.74, 6) is 0. The van der Waals surface area contributed by atoms with Crippen LogP contribution < -0.4 is 5.43 Å². The van der Waals surface area contributed by atoms with E-state index in [4.69, 9.17) is 4.84 Å². The number of hydrogen-bond donors (Lipinski definition) is 1. The van der Waals surface area contributed by atoms with Crippen molar-refractivity contribution in [3.8, 4) is 0 Å². The highest BCUT2D eigenvalue weighted by Crippen LogP contribution is 2.08. The molecule has 0 aromatic carbocycles. The summed E-state index contributed by atoms with van der Waals surface area (Å²) in [4.78, 5) is 5.75. The molecule has 0 saturated heterocycles. The number of nitrogens with zero attached hydrogens (tertiary/aromatic N) is 1. The molecule has 19 heavy (non-hydrogen) atoms. The van der Waals surface area contributed by atoms with E-state index in [0.29, 0.717) is 0 Å². The third-order valence-electron chi connectivity index (χ3n) is 3.21. The monoisotopic (exact) mass is 272 g/mol. The second kappa shape index (κ2) is 15.9. The van der Waals surface area contributed by atoms with E-state index in [1.807, 2.05) is 5.17 Å². The van der Waals surface area contributed by atoms with Gasteiger partial charge < -0.3 is 0 Å². The lowest BCUT2D eigenvalue weighted by atomic mass is 10.1. The molecular weight excluding hydrogens is 236 g/mol. The Kier molecular flexibility index (Phi) is 15.8. The Bertz CT molecular complexity index is 165. The number of hydrogen-bond acceptors (Lipinski definition) is 3. The fraction of sp³-hybridized carbons (Fsp3) is 1.00. The van der Waals surface area contributed by atoms with Crippen molar-refractivity contribution in [1.82, 2.24) is 10.6 Å². The Hall–Kier alpha value is -0.120. The van der Waals surface area contributed by atoms with Crippen molar-refractivity contribution in [1.29, 1.82) is 0 Å². The molecule has 1 N–H and O–H groups in total. The van der Waals surface area contributed by atoms with E-state index in [9.17, 15) is 0 Å². The normalized spacial score (nSPS) is 11.4. The molecule has 0 aliphatic carbocycles. The molecule has 3 nitrogen and oxygen atoms in total. The van der Waals surface area contributed by atoms with Crippen molar-refractivity contribution in [3.63, 3.8) is 0 Å². The van der Waals surface area contributed by atoms with Gasteiger partial charge in [-0.05, 0) is 19.3 Å². The van der Waals surface area contributed by atoms with Gasteiger partial charge >= 0.3 is 0 Å². The van der Waals surface area contributed by atoms with Crippen LogP contribution in [0.1, 0.15) is 85.0 Å². The zero-order valence-electron chi connectivity index (χ0n) is 13.5. The Morgan fingerprint density at radius 3 is 1.95 bits per heavy atom. The van der Waals surface area contributed by atoms with Crippen LogP contribution in [0.3, 0.4) is 0 Å². The highest BCUT2D eigenvalue weighted by Gasteiger charge is 2.02. The molecule has 3 heteroatoms. The average Bonchev–Trinajstić information content (AvgIpc) is 2.42. The highest BCUT2D eigenvalue weighted by atomic mass is 16.7. The van der Waals surface area contributed by atoms with Gasteiger partial charge in [0.05, 0.1) is 6.61 Å². The third kappa shape index (κ3) is 14.1. The lowest BCUT2D eigenvalue weighted by Crippen LogP contribution is -2.39. The van der Waals surface area contributed by atoms with E-state index in [0.717, 1.165) is 32.5 Å². The maximum atomic E-state index is 5.75. The second-order valence-electron chi connectivity index (χ2n) is 5.32. The smallest absolute Gasteiger partial charge is 0.0701 e. The van der Waals surface area contributed by atoms with Crippen molar-refractivity contribution < 1.29 is 4.84 Å². The van der Waals surface area contributed by atoms with Crippen LogP contribution in [-0.2, 0) is 4.84 Å². The van der Waals surface area contributed by atoms with E-state index >= 15 is 0 Å². The van der Waals surface area contributed by atoms with Gasteiger partial charge in [0, 0.05) is 13.1 Å². The minimum Gasteiger partial charge on any atom is -0.284 e. The minimum absolute atomic E-state index is 0.853.